The molecule has 3 N–H and O–H groups in total. The lowest BCUT2D eigenvalue weighted by Gasteiger charge is -2.15. The van der Waals surface area contributed by atoms with Gasteiger partial charge in [0, 0.05) is 17.2 Å². The van der Waals surface area contributed by atoms with E-state index in [9.17, 15) is 19.8 Å². The van der Waals surface area contributed by atoms with E-state index >= 15 is 0 Å². The number of hydrogen-bond acceptors (Lipinski definition) is 6. The number of carbonyl (C=O) groups excluding carboxylic acids is 1. The summed E-state index contributed by atoms with van der Waals surface area (Å²) < 4.78 is 5.71. The van der Waals surface area contributed by atoms with Crippen molar-refractivity contribution in [2.24, 2.45) is 11.8 Å². The second kappa shape index (κ2) is 15.0. The van der Waals surface area contributed by atoms with Gasteiger partial charge in [0.05, 0.1) is 23.7 Å². The highest BCUT2D eigenvalue weighted by Gasteiger charge is 2.35. The Hall–Kier alpha value is -2.09. The second-order valence-corrected chi connectivity index (χ2v) is 10.0. The van der Waals surface area contributed by atoms with Gasteiger partial charge in [-0.3, -0.25) is 4.79 Å². The minimum atomic E-state index is -0.785. The summed E-state index contributed by atoms with van der Waals surface area (Å²) in [6, 6.07) is 8.75. The number of hydrogen-bond donors (Lipinski definition) is 3. The van der Waals surface area contributed by atoms with Crippen LogP contribution in [0.15, 0.2) is 53.1 Å². The number of rotatable bonds is 15. The number of carboxylic acids is 1. The number of aliphatic hydroxyl groups excluding tert-OH is 2. The Kier molecular flexibility index (Phi) is 12.4. The van der Waals surface area contributed by atoms with E-state index in [1.54, 1.807) is 37.3 Å². The molecule has 2 rings (SSSR count). The van der Waals surface area contributed by atoms with Crippen LogP contribution in [0.3, 0.4) is 0 Å². The lowest BCUT2D eigenvalue weighted by atomic mass is 10.0. The maximum Gasteiger partial charge on any atom is 0.343 e. The van der Waals surface area contributed by atoms with Crippen molar-refractivity contribution in [3.63, 3.8) is 0 Å². The van der Waals surface area contributed by atoms with Crippen LogP contribution in [-0.2, 0) is 9.53 Å². The third kappa shape index (κ3) is 9.28. The van der Waals surface area contributed by atoms with E-state index in [1.807, 2.05) is 12.1 Å². The zero-order valence-electron chi connectivity index (χ0n) is 20.2. The van der Waals surface area contributed by atoms with Crippen molar-refractivity contribution in [3.8, 4) is 0 Å². The molecule has 0 heterocycles. The molecule has 6 nitrogen and oxygen atoms in total. The van der Waals surface area contributed by atoms with Gasteiger partial charge in [-0.25, -0.2) is 4.79 Å². The number of aliphatic hydroxyl groups is 2. The summed E-state index contributed by atoms with van der Waals surface area (Å²) in [6.07, 6.45) is 8.49. The number of esters is 1. The smallest absolute Gasteiger partial charge is 0.343 e. The van der Waals surface area contributed by atoms with Crippen molar-refractivity contribution >= 4 is 23.7 Å². The normalized spacial score (nSPS) is 20.0. The average molecular weight is 491 g/mol. The largest absolute Gasteiger partial charge is 0.481 e. The Morgan fingerprint density at radius 1 is 1.15 bits per heavy atom. The van der Waals surface area contributed by atoms with E-state index in [0.29, 0.717) is 24.2 Å². The third-order valence-corrected chi connectivity index (χ3v) is 7.27. The number of aliphatic carboxylic acids is 1. The highest BCUT2D eigenvalue weighted by atomic mass is 32.2. The van der Waals surface area contributed by atoms with Crippen LogP contribution in [-0.4, -0.2) is 45.2 Å². The summed E-state index contributed by atoms with van der Waals surface area (Å²) in [6.45, 7) is 3.82. The van der Waals surface area contributed by atoms with Crippen molar-refractivity contribution in [1.29, 1.82) is 0 Å². The van der Waals surface area contributed by atoms with Crippen molar-refractivity contribution in [2.75, 3.05) is 5.75 Å². The summed E-state index contributed by atoms with van der Waals surface area (Å²) in [5.74, 6) is -0.760. The molecule has 34 heavy (non-hydrogen) atoms. The second-order valence-electron chi connectivity index (χ2n) is 8.87. The molecule has 1 aliphatic rings. The van der Waals surface area contributed by atoms with Gasteiger partial charge >= 0.3 is 11.9 Å². The molecule has 0 fully saturated rings. The lowest BCUT2D eigenvalue weighted by Crippen LogP contribution is -2.14. The summed E-state index contributed by atoms with van der Waals surface area (Å²) in [5, 5.41) is 30.1. The SMILES string of the molecule is CCCCC[C@H](O)C=C[C@@H]1C(SCCCCC(C)C(=O)O)=C(OC(=O)c2ccccc2)C[C@H]1O. The van der Waals surface area contributed by atoms with Gasteiger partial charge in [-0.05, 0) is 37.1 Å². The Morgan fingerprint density at radius 2 is 1.85 bits per heavy atom. The number of unbranched alkanes of at least 4 members (excludes halogenated alkanes) is 3. The van der Waals surface area contributed by atoms with E-state index in [2.05, 4.69) is 6.92 Å². The summed E-state index contributed by atoms with van der Waals surface area (Å²) in [4.78, 5) is 24.4. The topological polar surface area (TPSA) is 104 Å². The van der Waals surface area contributed by atoms with E-state index in [0.717, 1.165) is 42.8 Å². The molecule has 0 radical (unpaired) electrons. The average Bonchev–Trinajstić information content (AvgIpc) is 3.11. The van der Waals surface area contributed by atoms with Crippen molar-refractivity contribution in [2.45, 2.75) is 77.4 Å². The number of ether oxygens (including phenoxy) is 1. The molecule has 1 unspecified atom stereocenters. The van der Waals surface area contributed by atoms with Gasteiger partial charge in [-0.1, -0.05) is 69.9 Å². The minimum Gasteiger partial charge on any atom is -0.481 e. The lowest BCUT2D eigenvalue weighted by molar-refractivity contribution is -0.141. The van der Waals surface area contributed by atoms with Crippen LogP contribution < -0.4 is 0 Å². The molecule has 1 aromatic carbocycles. The van der Waals surface area contributed by atoms with E-state index in [-0.39, 0.29) is 18.3 Å². The van der Waals surface area contributed by atoms with E-state index < -0.39 is 24.1 Å². The molecule has 0 saturated heterocycles. The van der Waals surface area contributed by atoms with Crippen LogP contribution in [0.4, 0.5) is 0 Å². The summed E-state index contributed by atoms with van der Waals surface area (Å²) in [5.41, 5.74) is 0.446. The molecule has 0 saturated carbocycles. The van der Waals surface area contributed by atoms with Gasteiger partial charge in [-0.15, -0.1) is 11.8 Å². The molecule has 4 atom stereocenters. The Balaban J connectivity index is 2.08. The molecule has 0 bridgehead atoms. The fourth-order valence-corrected chi connectivity index (χ4v) is 5.10. The third-order valence-electron chi connectivity index (χ3n) is 5.97. The molecular formula is C27H38O6S. The molecule has 188 valence electrons. The predicted octanol–water partition coefficient (Wildman–Crippen LogP) is 5.56. The van der Waals surface area contributed by atoms with Gasteiger partial charge in [0.25, 0.3) is 0 Å². The fraction of sp³-hybridized carbons (Fsp3) is 0.556. The Bertz CT molecular complexity index is 835. The van der Waals surface area contributed by atoms with Gasteiger partial charge in [0.1, 0.15) is 5.76 Å². The monoisotopic (exact) mass is 490 g/mol. The summed E-state index contributed by atoms with van der Waals surface area (Å²) >= 11 is 1.54. The zero-order chi connectivity index (χ0) is 24.9. The van der Waals surface area contributed by atoms with E-state index in [4.69, 9.17) is 9.84 Å². The molecule has 1 aliphatic carbocycles. The van der Waals surface area contributed by atoms with Crippen molar-refractivity contribution in [1.82, 2.24) is 0 Å². The summed E-state index contributed by atoms with van der Waals surface area (Å²) in [7, 11) is 0. The molecule has 0 aliphatic heterocycles. The minimum absolute atomic E-state index is 0.234. The number of benzene rings is 1. The number of thioether (sulfide) groups is 1. The first-order valence-corrected chi connectivity index (χ1v) is 13.2. The van der Waals surface area contributed by atoms with Gasteiger partial charge < -0.3 is 20.1 Å². The molecule has 0 amide bonds. The van der Waals surface area contributed by atoms with Gasteiger partial charge in [0.15, 0.2) is 0 Å². The number of carboxylic acid groups (broad SMARTS) is 1. The first-order chi connectivity index (χ1) is 16.3. The van der Waals surface area contributed by atoms with E-state index in [1.165, 1.54) is 11.8 Å². The standard InChI is InChI=1S/C27H38O6S/c1-3-4-6-14-21(28)15-16-22-23(29)18-24(33-27(32)20-12-7-5-8-13-20)25(22)34-17-10-9-11-19(2)26(30)31/h5,7-8,12-13,15-16,19,21-23,28-29H,3-4,6,9-11,14,17-18H2,1-2H3,(H,30,31)/t19?,21-,22-,23+/m0/s1. The molecular weight excluding hydrogens is 452 g/mol. The van der Waals surface area contributed by atoms with Crippen LogP contribution >= 0.6 is 11.8 Å². The maximum absolute atomic E-state index is 12.6. The molecule has 7 heteroatoms. The van der Waals surface area contributed by atoms with Crippen molar-refractivity contribution < 1.29 is 29.6 Å². The zero-order valence-corrected chi connectivity index (χ0v) is 21.0. The number of carbonyl (C=O) groups is 2. The van der Waals surface area contributed by atoms with Crippen LogP contribution in [0.5, 0.6) is 0 Å². The fourth-order valence-electron chi connectivity index (χ4n) is 3.81. The predicted molar refractivity (Wildman–Crippen MR) is 135 cm³/mol. The molecule has 0 spiro atoms. The van der Waals surface area contributed by atoms with Gasteiger partial charge in [0.2, 0.25) is 0 Å². The van der Waals surface area contributed by atoms with Crippen LogP contribution in [0.25, 0.3) is 0 Å². The van der Waals surface area contributed by atoms with Crippen LogP contribution in [0, 0.1) is 11.8 Å². The van der Waals surface area contributed by atoms with Crippen LogP contribution in [0.1, 0.15) is 75.6 Å². The Labute approximate surface area is 207 Å². The highest BCUT2D eigenvalue weighted by molar-refractivity contribution is 8.03. The Morgan fingerprint density at radius 3 is 2.53 bits per heavy atom. The quantitative estimate of drug-likeness (QED) is 0.168. The van der Waals surface area contributed by atoms with Crippen molar-refractivity contribution in [3.05, 3.63) is 58.7 Å². The molecule has 0 aromatic heterocycles. The maximum atomic E-state index is 12.6. The van der Waals surface area contributed by atoms with Crippen LogP contribution in [0.2, 0.25) is 0 Å². The first kappa shape index (κ1) is 28.1. The van der Waals surface area contributed by atoms with Gasteiger partial charge in [-0.2, -0.15) is 0 Å². The molecule has 1 aromatic rings. The first-order valence-electron chi connectivity index (χ1n) is 12.2. The highest BCUT2D eigenvalue weighted by Crippen LogP contribution is 2.42.